The smallest absolute Gasteiger partial charge is 0.350 e. The summed E-state index contributed by atoms with van der Waals surface area (Å²) >= 11 is 0. The van der Waals surface area contributed by atoms with Gasteiger partial charge in [0.1, 0.15) is 0 Å². The van der Waals surface area contributed by atoms with E-state index in [4.69, 9.17) is 9.47 Å². The van der Waals surface area contributed by atoms with Crippen LogP contribution in [-0.2, 0) is 9.47 Å². The molecule has 0 spiro atoms. The Hall–Kier alpha value is 0.517. The Morgan fingerprint density at radius 2 is 1.90 bits per heavy atom. The Balaban J connectivity index is 0.000000810. The molecular formula is C7H13LiO2. The van der Waals surface area contributed by atoms with Crippen LogP contribution < -0.4 is 18.9 Å². The van der Waals surface area contributed by atoms with E-state index in [-0.39, 0.29) is 25.2 Å². The maximum Gasteiger partial charge on any atom is 1.00 e. The fourth-order valence-electron chi connectivity index (χ4n) is 0.885. The topological polar surface area (TPSA) is 18.5 Å². The molecule has 0 unspecified atom stereocenters. The molecule has 0 aliphatic carbocycles. The minimum atomic E-state index is 0. The summed E-state index contributed by atoms with van der Waals surface area (Å²) in [5, 5.41) is 0. The molecule has 0 N–H and O–H groups in total. The van der Waals surface area contributed by atoms with E-state index in [1.165, 1.54) is 0 Å². The number of hydrogen-bond acceptors (Lipinski definition) is 2. The van der Waals surface area contributed by atoms with Crippen molar-refractivity contribution < 1.29 is 28.3 Å². The number of hydrogen-bond donors (Lipinski definition) is 0. The summed E-state index contributed by atoms with van der Waals surface area (Å²) in [6.07, 6.45) is 3.16. The fraction of sp³-hybridized carbons (Fsp3) is 0.857. The van der Waals surface area contributed by atoms with Gasteiger partial charge < -0.3 is 16.4 Å². The van der Waals surface area contributed by atoms with Crippen LogP contribution in [-0.4, -0.2) is 19.5 Å². The van der Waals surface area contributed by atoms with Gasteiger partial charge in [-0.3, -0.25) is 0 Å². The third kappa shape index (κ3) is 3.63. The maximum atomic E-state index is 5.20. The van der Waals surface area contributed by atoms with Crippen LogP contribution >= 0.6 is 0 Å². The van der Waals surface area contributed by atoms with Crippen molar-refractivity contribution in [2.75, 3.05) is 13.2 Å². The van der Waals surface area contributed by atoms with Crippen molar-refractivity contribution in [1.82, 2.24) is 0 Å². The van der Waals surface area contributed by atoms with E-state index >= 15 is 0 Å². The molecular weight excluding hydrogens is 123 g/mol. The van der Waals surface area contributed by atoms with E-state index in [1.54, 1.807) is 0 Å². The monoisotopic (exact) mass is 136 g/mol. The van der Waals surface area contributed by atoms with Gasteiger partial charge in [0.25, 0.3) is 0 Å². The van der Waals surface area contributed by atoms with E-state index in [0.717, 1.165) is 32.5 Å². The third-order valence-electron chi connectivity index (χ3n) is 1.38. The van der Waals surface area contributed by atoms with Gasteiger partial charge >= 0.3 is 18.9 Å². The van der Waals surface area contributed by atoms with Crippen LogP contribution in [0.1, 0.15) is 19.3 Å². The average molecular weight is 136 g/mol. The molecule has 0 radical (unpaired) electrons. The molecule has 0 atom stereocenters. The van der Waals surface area contributed by atoms with Crippen molar-refractivity contribution in [3.63, 3.8) is 0 Å². The van der Waals surface area contributed by atoms with Gasteiger partial charge in [0.15, 0.2) is 6.29 Å². The fourth-order valence-corrected chi connectivity index (χ4v) is 0.885. The van der Waals surface area contributed by atoms with Gasteiger partial charge in [0.2, 0.25) is 0 Å². The van der Waals surface area contributed by atoms with Crippen molar-refractivity contribution in [3.8, 4) is 0 Å². The maximum absolute atomic E-state index is 5.20. The minimum absolute atomic E-state index is 0. The molecule has 2 nitrogen and oxygen atoms in total. The van der Waals surface area contributed by atoms with Crippen molar-refractivity contribution in [1.29, 1.82) is 0 Å². The first-order valence-electron chi connectivity index (χ1n) is 3.46. The average Bonchev–Trinajstić information content (AvgIpc) is 2.34. The zero-order valence-corrected chi connectivity index (χ0v) is 6.64. The summed E-state index contributed by atoms with van der Waals surface area (Å²) < 4.78 is 10.4. The van der Waals surface area contributed by atoms with E-state index in [2.05, 4.69) is 6.92 Å². The molecule has 54 valence electrons. The van der Waals surface area contributed by atoms with Crippen LogP contribution in [0, 0.1) is 6.92 Å². The Bertz CT molecular complexity index is 72.0. The van der Waals surface area contributed by atoms with Crippen LogP contribution in [0.15, 0.2) is 0 Å². The summed E-state index contributed by atoms with van der Waals surface area (Å²) in [4.78, 5) is 0. The predicted octanol–water partition coefficient (Wildman–Crippen LogP) is -1.63. The first-order valence-corrected chi connectivity index (χ1v) is 3.46. The van der Waals surface area contributed by atoms with Crippen LogP contribution in [0.2, 0.25) is 0 Å². The van der Waals surface area contributed by atoms with Crippen molar-refractivity contribution in [2.24, 2.45) is 0 Å². The van der Waals surface area contributed by atoms with Crippen LogP contribution in [0.5, 0.6) is 0 Å². The first-order chi connectivity index (χ1) is 4.43. The first kappa shape index (κ1) is 10.5. The minimum Gasteiger partial charge on any atom is -0.350 e. The second-order valence-corrected chi connectivity index (χ2v) is 2.17. The van der Waals surface area contributed by atoms with Crippen molar-refractivity contribution in [3.05, 3.63) is 6.92 Å². The van der Waals surface area contributed by atoms with Gasteiger partial charge in [0.05, 0.1) is 13.2 Å². The summed E-state index contributed by atoms with van der Waals surface area (Å²) in [5.74, 6) is 0. The quantitative estimate of drug-likeness (QED) is 0.342. The van der Waals surface area contributed by atoms with Crippen LogP contribution in [0.4, 0.5) is 0 Å². The van der Waals surface area contributed by atoms with E-state index < -0.39 is 0 Å². The molecule has 1 aliphatic heterocycles. The summed E-state index contributed by atoms with van der Waals surface area (Å²) in [6, 6.07) is 0. The molecule has 0 aromatic heterocycles. The second-order valence-electron chi connectivity index (χ2n) is 2.17. The SMILES string of the molecule is [CH2-]CCCC1OCCO1.[Li+]. The van der Waals surface area contributed by atoms with Gasteiger partial charge in [-0.2, -0.15) is 6.42 Å². The van der Waals surface area contributed by atoms with Gasteiger partial charge in [-0.1, -0.05) is 6.42 Å². The van der Waals surface area contributed by atoms with E-state index in [9.17, 15) is 0 Å². The Labute approximate surface area is 74.4 Å². The van der Waals surface area contributed by atoms with Gasteiger partial charge in [-0.05, 0) is 6.42 Å². The molecule has 0 aromatic carbocycles. The van der Waals surface area contributed by atoms with Crippen molar-refractivity contribution >= 4 is 0 Å². The standard InChI is InChI=1S/C7H13O2.Li/c1-2-3-4-7-8-5-6-9-7;/h7H,1-6H2;/q-1;+1. The molecule has 0 amide bonds. The Morgan fingerprint density at radius 3 is 2.40 bits per heavy atom. The van der Waals surface area contributed by atoms with Crippen molar-refractivity contribution in [2.45, 2.75) is 25.6 Å². The van der Waals surface area contributed by atoms with Gasteiger partial charge in [0, 0.05) is 0 Å². The molecule has 1 aliphatic rings. The molecule has 10 heavy (non-hydrogen) atoms. The zero-order valence-electron chi connectivity index (χ0n) is 6.64. The number of ether oxygens (including phenoxy) is 2. The van der Waals surface area contributed by atoms with E-state index in [1.807, 2.05) is 0 Å². The van der Waals surface area contributed by atoms with Gasteiger partial charge in [-0.15, -0.1) is 0 Å². The summed E-state index contributed by atoms with van der Waals surface area (Å²) in [7, 11) is 0. The molecule has 3 heteroatoms. The largest absolute Gasteiger partial charge is 1.00 e. The third-order valence-corrected chi connectivity index (χ3v) is 1.38. The number of rotatable bonds is 3. The van der Waals surface area contributed by atoms with Gasteiger partial charge in [-0.25, -0.2) is 0 Å². The van der Waals surface area contributed by atoms with Crippen LogP contribution in [0.3, 0.4) is 0 Å². The summed E-state index contributed by atoms with van der Waals surface area (Å²) in [5.41, 5.74) is 0. The number of unbranched alkanes of at least 4 members (excludes halogenated alkanes) is 1. The van der Waals surface area contributed by atoms with Crippen LogP contribution in [0.25, 0.3) is 0 Å². The molecule has 0 aromatic rings. The van der Waals surface area contributed by atoms with E-state index in [0.29, 0.717) is 0 Å². The normalized spacial score (nSPS) is 18.9. The molecule has 1 heterocycles. The molecule has 0 bridgehead atoms. The second kappa shape index (κ2) is 6.24. The Kier molecular flexibility index (Phi) is 6.56. The molecule has 1 saturated heterocycles. The predicted molar refractivity (Wildman–Crippen MR) is 34.9 cm³/mol. The zero-order chi connectivity index (χ0) is 6.53. The molecule has 1 rings (SSSR count). The molecule has 1 fully saturated rings. The summed E-state index contributed by atoms with van der Waals surface area (Å²) in [6.45, 7) is 5.27. The Morgan fingerprint density at radius 1 is 1.30 bits per heavy atom. The molecule has 0 saturated carbocycles.